The third kappa shape index (κ3) is 4.57. The normalized spacial score (nSPS) is 19.9. The molecule has 2 aliphatic heterocycles. The molecule has 0 spiro atoms. The van der Waals surface area contributed by atoms with E-state index in [9.17, 15) is 9.59 Å². The van der Waals surface area contributed by atoms with E-state index in [1.807, 2.05) is 29.2 Å². The first kappa shape index (κ1) is 22.2. The Morgan fingerprint density at radius 2 is 1.85 bits per heavy atom. The molecule has 6 nitrogen and oxygen atoms in total. The summed E-state index contributed by atoms with van der Waals surface area (Å²) in [5.41, 5.74) is 1.14. The molecule has 1 aromatic carbocycles. The SMILES string of the molecule is CCN1CCCC1CNC(=O)C1CCN(C(=O)c2ccc(-n3ccc4ccccc43)s2)CC1. The van der Waals surface area contributed by atoms with Crippen LogP contribution >= 0.6 is 11.3 Å². The van der Waals surface area contributed by atoms with Gasteiger partial charge in [0.25, 0.3) is 5.91 Å². The van der Waals surface area contributed by atoms with Gasteiger partial charge in [0.2, 0.25) is 5.91 Å². The molecule has 7 heteroatoms. The van der Waals surface area contributed by atoms with Crippen LogP contribution in [0.4, 0.5) is 0 Å². The summed E-state index contributed by atoms with van der Waals surface area (Å²) in [7, 11) is 0. The lowest BCUT2D eigenvalue weighted by atomic mass is 9.95. The van der Waals surface area contributed by atoms with Gasteiger partial charge < -0.3 is 14.8 Å². The fourth-order valence-corrected chi connectivity index (χ4v) is 6.22. The molecule has 2 aliphatic rings. The zero-order chi connectivity index (χ0) is 22.8. The van der Waals surface area contributed by atoms with Crippen LogP contribution in [0.25, 0.3) is 15.9 Å². The minimum atomic E-state index is 0.00988. The molecule has 2 fully saturated rings. The highest BCUT2D eigenvalue weighted by atomic mass is 32.1. The van der Waals surface area contributed by atoms with Gasteiger partial charge in [0, 0.05) is 37.8 Å². The summed E-state index contributed by atoms with van der Waals surface area (Å²) in [6.07, 6.45) is 5.92. The molecule has 2 aromatic heterocycles. The lowest BCUT2D eigenvalue weighted by molar-refractivity contribution is -0.126. The Hall–Kier alpha value is -2.64. The number of nitrogens with one attached hydrogen (secondary N) is 1. The molecule has 0 saturated carbocycles. The second kappa shape index (κ2) is 9.69. The zero-order valence-corrected chi connectivity index (χ0v) is 20.0. The molecule has 5 rings (SSSR count). The van der Waals surface area contributed by atoms with Crippen LogP contribution in [0.3, 0.4) is 0 Å². The molecule has 1 unspecified atom stereocenters. The van der Waals surface area contributed by atoms with Crippen LogP contribution < -0.4 is 5.32 Å². The Bertz CT molecular complexity index is 1130. The van der Waals surface area contributed by atoms with Gasteiger partial charge in [-0.3, -0.25) is 14.5 Å². The Morgan fingerprint density at radius 1 is 1.03 bits per heavy atom. The minimum Gasteiger partial charge on any atom is -0.354 e. The van der Waals surface area contributed by atoms with Gasteiger partial charge in [0.1, 0.15) is 5.00 Å². The van der Waals surface area contributed by atoms with E-state index in [0.717, 1.165) is 47.9 Å². The highest BCUT2D eigenvalue weighted by Crippen LogP contribution is 2.28. The summed E-state index contributed by atoms with van der Waals surface area (Å²) < 4.78 is 2.14. The number of thiophene rings is 1. The van der Waals surface area contributed by atoms with Gasteiger partial charge in [-0.15, -0.1) is 11.3 Å². The number of piperidine rings is 1. The van der Waals surface area contributed by atoms with Crippen molar-refractivity contribution >= 4 is 34.1 Å². The first-order chi connectivity index (χ1) is 16.1. The Balaban J connectivity index is 1.15. The van der Waals surface area contributed by atoms with E-state index in [1.165, 1.54) is 29.6 Å². The predicted octanol–water partition coefficient (Wildman–Crippen LogP) is 4.14. The molecular weight excluding hydrogens is 432 g/mol. The van der Waals surface area contributed by atoms with Gasteiger partial charge in [-0.2, -0.15) is 0 Å². The number of hydrogen-bond acceptors (Lipinski definition) is 4. The maximum absolute atomic E-state index is 13.1. The molecule has 33 heavy (non-hydrogen) atoms. The maximum Gasteiger partial charge on any atom is 0.263 e. The molecule has 174 valence electrons. The van der Waals surface area contributed by atoms with Crippen molar-refractivity contribution in [1.82, 2.24) is 19.7 Å². The van der Waals surface area contributed by atoms with E-state index in [0.29, 0.717) is 19.1 Å². The molecule has 2 saturated heterocycles. The van der Waals surface area contributed by atoms with Crippen molar-refractivity contribution in [2.24, 2.45) is 5.92 Å². The molecule has 4 heterocycles. The number of rotatable bonds is 6. The van der Waals surface area contributed by atoms with Crippen molar-refractivity contribution in [3.63, 3.8) is 0 Å². The van der Waals surface area contributed by atoms with E-state index in [2.05, 4.69) is 46.1 Å². The van der Waals surface area contributed by atoms with Crippen molar-refractivity contribution in [1.29, 1.82) is 0 Å². The van der Waals surface area contributed by atoms with Gasteiger partial charge in [-0.25, -0.2) is 0 Å². The monoisotopic (exact) mass is 464 g/mol. The molecule has 0 bridgehead atoms. The van der Waals surface area contributed by atoms with Crippen molar-refractivity contribution in [2.75, 3.05) is 32.7 Å². The second-order valence-corrected chi connectivity index (χ2v) is 10.2. The number of amides is 2. The fourth-order valence-electron chi connectivity index (χ4n) is 5.25. The van der Waals surface area contributed by atoms with Crippen molar-refractivity contribution < 1.29 is 9.59 Å². The lowest BCUT2D eigenvalue weighted by Crippen LogP contribution is -2.45. The number of likely N-dealkylation sites (N-methyl/N-ethyl adjacent to an activating group) is 1. The summed E-state index contributed by atoms with van der Waals surface area (Å²) in [5, 5.41) is 5.42. The zero-order valence-electron chi connectivity index (χ0n) is 19.2. The number of aromatic nitrogens is 1. The highest BCUT2D eigenvalue weighted by Gasteiger charge is 2.30. The number of hydrogen-bond donors (Lipinski definition) is 1. The van der Waals surface area contributed by atoms with Crippen LogP contribution in [-0.4, -0.2) is 64.9 Å². The third-order valence-corrected chi connectivity index (χ3v) is 8.28. The Kier molecular flexibility index (Phi) is 6.51. The predicted molar refractivity (Wildman–Crippen MR) is 133 cm³/mol. The first-order valence-electron chi connectivity index (χ1n) is 12.1. The summed E-state index contributed by atoms with van der Waals surface area (Å²) in [4.78, 5) is 30.9. The van der Waals surface area contributed by atoms with Crippen molar-refractivity contribution in [3.05, 3.63) is 53.5 Å². The first-order valence-corrected chi connectivity index (χ1v) is 12.9. The molecule has 0 radical (unpaired) electrons. The number of likely N-dealkylation sites (tertiary alicyclic amines) is 2. The Labute approximate surface area is 199 Å². The van der Waals surface area contributed by atoms with Crippen LogP contribution in [0.5, 0.6) is 0 Å². The summed E-state index contributed by atoms with van der Waals surface area (Å²) in [6, 6.07) is 14.8. The number of carbonyl (C=O) groups is 2. The molecule has 1 atom stereocenters. The average molecular weight is 465 g/mol. The van der Waals surface area contributed by atoms with Gasteiger partial charge >= 0.3 is 0 Å². The van der Waals surface area contributed by atoms with E-state index < -0.39 is 0 Å². The van der Waals surface area contributed by atoms with Crippen LogP contribution in [0.1, 0.15) is 42.3 Å². The maximum atomic E-state index is 13.1. The summed E-state index contributed by atoms with van der Waals surface area (Å²) >= 11 is 1.53. The number of benzene rings is 1. The molecule has 1 N–H and O–H groups in total. The lowest BCUT2D eigenvalue weighted by Gasteiger charge is -2.31. The largest absolute Gasteiger partial charge is 0.354 e. The van der Waals surface area contributed by atoms with Gasteiger partial charge in [0.15, 0.2) is 0 Å². The Morgan fingerprint density at radius 3 is 2.67 bits per heavy atom. The van der Waals surface area contributed by atoms with Gasteiger partial charge in [-0.1, -0.05) is 25.1 Å². The fraction of sp³-hybridized carbons (Fsp3) is 0.462. The highest BCUT2D eigenvalue weighted by molar-refractivity contribution is 7.16. The minimum absolute atomic E-state index is 0.00988. The number of nitrogens with zero attached hydrogens (tertiary/aromatic N) is 3. The molecular formula is C26H32N4O2S. The second-order valence-electron chi connectivity index (χ2n) is 9.12. The van der Waals surface area contributed by atoms with Crippen LogP contribution in [0.15, 0.2) is 48.7 Å². The van der Waals surface area contributed by atoms with Gasteiger partial charge in [0.05, 0.1) is 10.4 Å². The van der Waals surface area contributed by atoms with Crippen LogP contribution in [0.2, 0.25) is 0 Å². The van der Waals surface area contributed by atoms with Crippen molar-refractivity contribution in [2.45, 2.75) is 38.6 Å². The van der Waals surface area contributed by atoms with Crippen LogP contribution in [-0.2, 0) is 4.79 Å². The van der Waals surface area contributed by atoms with E-state index >= 15 is 0 Å². The molecule has 3 aromatic rings. The standard InChI is InChI=1S/C26H32N4O2S/c1-2-28-14-5-7-21(28)18-27-25(31)20-11-15-29(16-12-20)26(32)23-9-10-24(33-23)30-17-13-19-6-3-4-8-22(19)30/h3-4,6,8-10,13,17,20-21H,2,5,7,11-12,14-16,18H2,1H3,(H,27,31). The smallest absolute Gasteiger partial charge is 0.263 e. The third-order valence-electron chi connectivity index (χ3n) is 7.21. The van der Waals surface area contributed by atoms with E-state index in [4.69, 9.17) is 0 Å². The molecule has 0 aliphatic carbocycles. The topological polar surface area (TPSA) is 57.6 Å². The number of carbonyl (C=O) groups excluding carboxylic acids is 2. The molecule has 2 amide bonds. The van der Waals surface area contributed by atoms with E-state index in [-0.39, 0.29) is 17.7 Å². The van der Waals surface area contributed by atoms with Gasteiger partial charge in [-0.05, 0) is 68.4 Å². The number of fused-ring (bicyclic) bond motifs is 1. The van der Waals surface area contributed by atoms with Crippen molar-refractivity contribution in [3.8, 4) is 5.00 Å². The quantitative estimate of drug-likeness (QED) is 0.596. The number of para-hydroxylation sites is 1. The average Bonchev–Trinajstić information content (AvgIpc) is 3.61. The van der Waals surface area contributed by atoms with Crippen LogP contribution in [0, 0.1) is 5.92 Å². The van der Waals surface area contributed by atoms with E-state index in [1.54, 1.807) is 0 Å². The summed E-state index contributed by atoms with van der Waals surface area (Å²) in [5.74, 6) is 0.240. The summed E-state index contributed by atoms with van der Waals surface area (Å²) in [6.45, 7) is 6.40.